The zero-order valence-corrected chi connectivity index (χ0v) is 20.8. The fourth-order valence-electron chi connectivity index (χ4n) is 4.63. The molecule has 1 fully saturated rings. The minimum absolute atomic E-state index is 0.0504. The van der Waals surface area contributed by atoms with E-state index in [0.717, 1.165) is 38.2 Å². The molecule has 5 heteroatoms. The fourth-order valence-corrected chi connectivity index (χ4v) is 4.63. The number of amides is 1. The number of hydrogen-bond acceptors (Lipinski definition) is 4. The molecule has 2 aliphatic heterocycles. The van der Waals surface area contributed by atoms with Crippen molar-refractivity contribution in [2.75, 3.05) is 26.2 Å². The van der Waals surface area contributed by atoms with E-state index in [2.05, 4.69) is 43.9 Å². The number of carbonyl (C=O) groups is 1. The molecule has 0 aliphatic carbocycles. The van der Waals surface area contributed by atoms with Crippen LogP contribution in [0.3, 0.4) is 0 Å². The van der Waals surface area contributed by atoms with Crippen LogP contribution < -0.4 is 9.47 Å². The van der Waals surface area contributed by atoms with E-state index in [1.165, 1.54) is 5.57 Å². The molecular formula is C29H36N2O3. The molecule has 0 spiro atoms. The predicted octanol–water partition coefficient (Wildman–Crippen LogP) is 5.78. The van der Waals surface area contributed by atoms with Crippen molar-refractivity contribution in [3.05, 3.63) is 83.5 Å². The highest BCUT2D eigenvalue weighted by Crippen LogP contribution is 2.47. The highest BCUT2D eigenvalue weighted by Gasteiger charge is 2.44. The highest BCUT2D eigenvalue weighted by atomic mass is 16.7. The van der Waals surface area contributed by atoms with Crippen molar-refractivity contribution < 1.29 is 14.3 Å². The van der Waals surface area contributed by atoms with Gasteiger partial charge in [-0.15, -0.1) is 0 Å². The Bertz CT molecular complexity index is 1050. The van der Waals surface area contributed by atoms with E-state index in [0.29, 0.717) is 29.5 Å². The molecule has 1 saturated heterocycles. The van der Waals surface area contributed by atoms with Gasteiger partial charge in [-0.3, -0.25) is 9.69 Å². The molecule has 0 aromatic heterocycles. The molecule has 1 amide bonds. The summed E-state index contributed by atoms with van der Waals surface area (Å²) >= 11 is 0. The number of piperazine rings is 1. The molecule has 0 radical (unpaired) electrons. The minimum Gasteiger partial charge on any atom is -0.444 e. The van der Waals surface area contributed by atoms with Crippen LogP contribution in [0.15, 0.2) is 72.3 Å². The van der Waals surface area contributed by atoms with Crippen LogP contribution in [0.1, 0.15) is 56.5 Å². The molecule has 1 atom stereocenters. The Kier molecular flexibility index (Phi) is 7.42. The average Bonchev–Trinajstić information content (AvgIpc) is 3.22. The molecule has 2 heterocycles. The summed E-state index contributed by atoms with van der Waals surface area (Å²) in [5.74, 6) is 0.405. The van der Waals surface area contributed by atoms with Crippen molar-refractivity contribution in [3.8, 4) is 11.5 Å². The van der Waals surface area contributed by atoms with Crippen molar-refractivity contribution in [1.82, 2.24) is 9.80 Å². The van der Waals surface area contributed by atoms with E-state index < -0.39 is 5.79 Å². The number of allylic oxidation sites excluding steroid dienone is 3. The zero-order chi connectivity index (χ0) is 24.1. The van der Waals surface area contributed by atoms with Gasteiger partial charge in [-0.2, -0.15) is 0 Å². The van der Waals surface area contributed by atoms with Crippen LogP contribution in [0.4, 0.5) is 0 Å². The van der Waals surface area contributed by atoms with Crippen LogP contribution in [0.2, 0.25) is 0 Å². The standard InChI is InChI=1S/C29H36N2O3/c1-5-6-8-11-23(4)21-29(25-12-9-7-10-13-25)33-26-15-14-24(20-27(26)34-29)28(32)31-18-16-30(17-19-31)22(2)3/h5-7,9-15,20,22H,8,16-19,21H2,1-4H3/b6-5-,23-11+. The van der Waals surface area contributed by atoms with Gasteiger partial charge in [0, 0.05) is 43.3 Å². The monoisotopic (exact) mass is 460 g/mol. The number of nitrogens with zero attached hydrogens (tertiary/aromatic N) is 2. The molecule has 0 N–H and O–H groups in total. The molecule has 180 valence electrons. The van der Waals surface area contributed by atoms with Gasteiger partial charge in [0.15, 0.2) is 11.5 Å². The first-order valence-electron chi connectivity index (χ1n) is 12.3. The third-order valence-corrected chi connectivity index (χ3v) is 6.64. The van der Waals surface area contributed by atoms with E-state index >= 15 is 0 Å². The maximum atomic E-state index is 13.2. The molecule has 4 rings (SSSR count). The van der Waals surface area contributed by atoms with Crippen LogP contribution in [0, 0.1) is 0 Å². The van der Waals surface area contributed by atoms with Gasteiger partial charge >= 0.3 is 0 Å². The number of fused-ring (bicyclic) bond motifs is 1. The lowest BCUT2D eigenvalue weighted by atomic mass is 9.97. The summed E-state index contributed by atoms with van der Waals surface area (Å²) < 4.78 is 13.0. The minimum atomic E-state index is -0.940. The van der Waals surface area contributed by atoms with Crippen LogP contribution in [0.25, 0.3) is 0 Å². The first-order chi connectivity index (χ1) is 16.4. The summed E-state index contributed by atoms with van der Waals surface area (Å²) in [6, 6.07) is 16.1. The third-order valence-electron chi connectivity index (χ3n) is 6.64. The Labute approximate surface area is 203 Å². The van der Waals surface area contributed by atoms with Crippen molar-refractivity contribution in [2.45, 2.75) is 52.4 Å². The van der Waals surface area contributed by atoms with Crippen molar-refractivity contribution in [1.29, 1.82) is 0 Å². The second kappa shape index (κ2) is 10.5. The molecule has 5 nitrogen and oxygen atoms in total. The second-order valence-electron chi connectivity index (χ2n) is 9.44. The summed E-state index contributed by atoms with van der Waals surface area (Å²) in [6.45, 7) is 11.8. The number of hydrogen-bond donors (Lipinski definition) is 0. The van der Waals surface area contributed by atoms with Gasteiger partial charge in [0.1, 0.15) is 0 Å². The van der Waals surface area contributed by atoms with Crippen LogP contribution in [-0.4, -0.2) is 47.9 Å². The lowest BCUT2D eigenvalue weighted by Crippen LogP contribution is -2.50. The van der Waals surface area contributed by atoms with Gasteiger partial charge in [0.2, 0.25) is 0 Å². The quantitative estimate of drug-likeness (QED) is 0.491. The van der Waals surface area contributed by atoms with E-state index in [9.17, 15) is 4.79 Å². The molecule has 1 unspecified atom stereocenters. The first kappa shape index (κ1) is 24.1. The SMILES string of the molecule is C/C=C\C/C=C(\C)CC1(c2ccccc2)Oc2ccc(C(=O)N3CCN(C(C)C)CC3)cc2O1. The average molecular weight is 461 g/mol. The Morgan fingerprint density at radius 1 is 1.03 bits per heavy atom. The normalized spacial score (nSPS) is 21.0. The highest BCUT2D eigenvalue weighted by molar-refractivity contribution is 5.95. The summed E-state index contributed by atoms with van der Waals surface area (Å²) in [5.41, 5.74) is 2.79. The third kappa shape index (κ3) is 5.20. The summed E-state index contributed by atoms with van der Waals surface area (Å²) in [6.07, 6.45) is 7.86. The molecule has 34 heavy (non-hydrogen) atoms. The molecule has 2 aromatic carbocycles. The smallest absolute Gasteiger partial charge is 0.282 e. The van der Waals surface area contributed by atoms with Crippen molar-refractivity contribution >= 4 is 5.91 Å². The van der Waals surface area contributed by atoms with Crippen LogP contribution in [0.5, 0.6) is 11.5 Å². The van der Waals surface area contributed by atoms with Crippen LogP contribution >= 0.6 is 0 Å². The van der Waals surface area contributed by atoms with Crippen molar-refractivity contribution in [2.24, 2.45) is 0 Å². The summed E-state index contributed by atoms with van der Waals surface area (Å²) in [7, 11) is 0. The molecule has 2 aliphatic rings. The number of benzene rings is 2. The lowest BCUT2D eigenvalue weighted by Gasteiger charge is -2.37. The Hall–Kier alpha value is -3.05. The molecular weight excluding hydrogens is 424 g/mol. The van der Waals surface area contributed by atoms with E-state index in [1.54, 1.807) is 0 Å². The number of rotatable bonds is 7. The summed E-state index contributed by atoms with van der Waals surface area (Å²) in [4.78, 5) is 17.6. The maximum absolute atomic E-state index is 13.2. The Morgan fingerprint density at radius 2 is 1.74 bits per heavy atom. The maximum Gasteiger partial charge on any atom is 0.282 e. The van der Waals surface area contributed by atoms with E-state index in [-0.39, 0.29) is 5.91 Å². The fraction of sp³-hybridized carbons (Fsp3) is 0.414. The van der Waals surface area contributed by atoms with Gasteiger partial charge in [-0.05, 0) is 52.3 Å². The number of ether oxygens (including phenoxy) is 2. The predicted molar refractivity (Wildman–Crippen MR) is 136 cm³/mol. The largest absolute Gasteiger partial charge is 0.444 e. The van der Waals surface area contributed by atoms with Gasteiger partial charge in [0.05, 0.1) is 6.42 Å². The molecule has 0 saturated carbocycles. The molecule has 2 aromatic rings. The Balaban J connectivity index is 1.55. The zero-order valence-electron chi connectivity index (χ0n) is 20.8. The topological polar surface area (TPSA) is 42.0 Å². The van der Waals surface area contributed by atoms with Gasteiger partial charge in [-0.25, -0.2) is 0 Å². The van der Waals surface area contributed by atoms with Crippen molar-refractivity contribution in [3.63, 3.8) is 0 Å². The Morgan fingerprint density at radius 3 is 2.41 bits per heavy atom. The summed E-state index contributed by atoms with van der Waals surface area (Å²) in [5, 5.41) is 0. The van der Waals surface area contributed by atoms with Crippen LogP contribution in [-0.2, 0) is 5.79 Å². The van der Waals surface area contributed by atoms with Gasteiger partial charge < -0.3 is 14.4 Å². The van der Waals surface area contributed by atoms with Gasteiger partial charge in [0.25, 0.3) is 11.7 Å². The molecule has 0 bridgehead atoms. The number of carbonyl (C=O) groups excluding carboxylic acids is 1. The first-order valence-corrected chi connectivity index (χ1v) is 12.3. The lowest BCUT2D eigenvalue weighted by molar-refractivity contribution is -0.0854. The van der Waals surface area contributed by atoms with Gasteiger partial charge in [-0.1, -0.05) is 54.1 Å². The second-order valence-corrected chi connectivity index (χ2v) is 9.44. The van der Waals surface area contributed by atoms with E-state index in [4.69, 9.17) is 9.47 Å². The van der Waals surface area contributed by atoms with E-state index in [1.807, 2.05) is 60.4 Å².